The fourth-order valence-electron chi connectivity index (χ4n) is 13.5. The van der Waals surface area contributed by atoms with Gasteiger partial charge in [-0.2, -0.15) is 0 Å². The number of hydrogen-bond donors (Lipinski definition) is 1. The fraction of sp³-hybridized carbons (Fsp3) is 0.949. The number of carbonyl (C=O) groups excluding carboxylic acids is 1. The lowest BCUT2D eigenvalue weighted by Crippen LogP contribution is -2.50. The van der Waals surface area contributed by atoms with E-state index in [1.165, 1.54) is 218 Å². The Kier molecular flexibility index (Phi) is 29.3. The van der Waals surface area contributed by atoms with Gasteiger partial charge in [0.05, 0.1) is 12.7 Å². The molecule has 4 aliphatic carbocycles. The van der Waals surface area contributed by atoms with Crippen molar-refractivity contribution in [3.63, 3.8) is 0 Å². The fourth-order valence-corrected chi connectivity index (χ4v) is 13.5. The molecule has 4 rings (SSSR count). The Hall–Kier alpha value is -0.830. The Labute approximate surface area is 388 Å². The number of carbonyl (C=O) groups is 1. The van der Waals surface area contributed by atoms with Crippen LogP contribution in [0.15, 0.2) is 11.6 Å². The van der Waals surface area contributed by atoms with Crippen LogP contribution in [0, 0.1) is 46.3 Å². The average Bonchev–Trinajstić information content (AvgIpc) is 3.61. The smallest absolute Gasteiger partial charge is 0.305 e. The van der Waals surface area contributed by atoms with E-state index < -0.39 is 0 Å². The van der Waals surface area contributed by atoms with Crippen molar-refractivity contribution >= 4 is 5.97 Å². The zero-order valence-corrected chi connectivity index (χ0v) is 43.2. The molecule has 1 N–H and O–H groups in total. The quantitative estimate of drug-likeness (QED) is 0.0398. The predicted molar refractivity (Wildman–Crippen MR) is 271 cm³/mol. The summed E-state index contributed by atoms with van der Waals surface area (Å²) < 4.78 is 5.42. The Morgan fingerprint density at radius 3 is 1.63 bits per heavy atom. The second kappa shape index (κ2) is 32.8. The molecule has 0 amide bonds. The maximum absolute atomic E-state index is 11.9. The van der Waals surface area contributed by atoms with Crippen LogP contribution in [0.25, 0.3) is 0 Å². The molecular weight excluding hydrogens is 757 g/mol. The van der Waals surface area contributed by atoms with Crippen LogP contribution in [0.1, 0.15) is 299 Å². The first kappa shape index (κ1) is 55.5. The normalized spacial score (nSPS) is 27.2. The molecule has 0 saturated heterocycles. The summed E-state index contributed by atoms with van der Waals surface area (Å²) in [4.78, 5) is 11.9. The lowest BCUT2D eigenvalue weighted by atomic mass is 9.47. The summed E-state index contributed by atoms with van der Waals surface area (Å²) in [6.07, 6.45) is 54.3. The van der Waals surface area contributed by atoms with E-state index in [0.29, 0.717) is 23.9 Å². The third-order valence-electron chi connectivity index (χ3n) is 17.5. The van der Waals surface area contributed by atoms with Gasteiger partial charge in [-0.25, -0.2) is 0 Å². The maximum atomic E-state index is 11.9. The molecule has 3 heteroatoms. The minimum Gasteiger partial charge on any atom is -0.466 e. The molecule has 364 valence electrons. The van der Waals surface area contributed by atoms with Crippen LogP contribution in [-0.2, 0) is 9.53 Å². The first-order chi connectivity index (χ1) is 30.1. The standard InChI is InChI=1S/C32H64O2.C27H46O/c1-3-5-7-9-11-13-15-17-19-21-23-25-27-29-31-34-32(33)30-28-26-24-22-20-18-16-14-12-10-8-6-4-2;1-18(2)7-6-8-19(3)23-11-12-24-22-10-9-20-17-21(28)13-15-26(20,4)25(22)14-16-27(23,24)5/h3-31H2,1-2H3;9,18-19,21-25,28H,6-8,10-17H2,1-5H3/t;19-,21+,22+,23-,24+,25+,26+,27-/m.1/s1. The highest BCUT2D eigenvalue weighted by atomic mass is 16.5. The van der Waals surface area contributed by atoms with Crippen molar-refractivity contribution in [1.82, 2.24) is 0 Å². The third-order valence-corrected chi connectivity index (χ3v) is 17.5. The minimum absolute atomic E-state index is 0.0257. The highest BCUT2D eigenvalue weighted by Crippen LogP contribution is 2.67. The Morgan fingerprint density at radius 1 is 0.613 bits per heavy atom. The molecule has 0 radical (unpaired) electrons. The number of hydrogen-bond acceptors (Lipinski definition) is 3. The molecule has 8 atom stereocenters. The number of esters is 1. The summed E-state index contributed by atoms with van der Waals surface area (Å²) in [5.41, 5.74) is 2.60. The molecule has 3 saturated carbocycles. The van der Waals surface area contributed by atoms with Crippen molar-refractivity contribution < 1.29 is 14.6 Å². The van der Waals surface area contributed by atoms with Gasteiger partial charge in [-0.15, -0.1) is 0 Å². The monoisotopic (exact) mass is 867 g/mol. The van der Waals surface area contributed by atoms with Gasteiger partial charge >= 0.3 is 5.97 Å². The number of aliphatic hydroxyl groups is 1. The molecule has 0 aliphatic heterocycles. The zero-order chi connectivity index (χ0) is 44.9. The van der Waals surface area contributed by atoms with Crippen LogP contribution >= 0.6 is 0 Å². The van der Waals surface area contributed by atoms with Crippen molar-refractivity contribution in [3.05, 3.63) is 11.6 Å². The van der Waals surface area contributed by atoms with Gasteiger partial charge in [0, 0.05) is 6.42 Å². The second-order valence-electron chi connectivity index (χ2n) is 23.0. The molecule has 4 aliphatic rings. The van der Waals surface area contributed by atoms with Gasteiger partial charge in [-0.05, 0) is 111 Å². The highest BCUT2D eigenvalue weighted by Gasteiger charge is 2.59. The van der Waals surface area contributed by atoms with Gasteiger partial charge in [-0.1, -0.05) is 240 Å². The third kappa shape index (κ3) is 20.4. The highest BCUT2D eigenvalue weighted by molar-refractivity contribution is 5.69. The number of rotatable bonds is 34. The number of fused-ring (bicyclic) bond motifs is 5. The summed E-state index contributed by atoms with van der Waals surface area (Å²) in [6.45, 7) is 17.8. The number of allylic oxidation sites excluding steroid dienone is 1. The van der Waals surface area contributed by atoms with Gasteiger partial charge in [0.25, 0.3) is 0 Å². The van der Waals surface area contributed by atoms with Crippen molar-refractivity contribution in [3.8, 4) is 0 Å². The van der Waals surface area contributed by atoms with Crippen LogP contribution in [0.4, 0.5) is 0 Å². The summed E-state index contributed by atoms with van der Waals surface area (Å²) in [6, 6.07) is 0. The van der Waals surface area contributed by atoms with E-state index in [0.717, 1.165) is 61.2 Å². The van der Waals surface area contributed by atoms with Crippen LogP contribution in [0.3, 0.4) is 0 Å². The minimum atomic E-state index is -0.0766. The van der Waals surface area contributed by atoms with Crippen molar-refractivity contribution in [2.45, 2.75) is 305 Å². The second-order valence-corrected chi connectivity index (χ2v) is 23.0. The molecule has 0 spiro atoms. The van der Waals surface area contributed by atoms with E-state index in [1.54, 1.807) is 5.57 Å². The lowest BCUT2D eigenvalue weighted by Gasteiger charge is -2.58. The predicted octanol–water partition coefficient (Wildman–Crippen LogP) is 18.9. The summed E-state index contributed by atoms with van der Waals surface area (Å²) in [7, 11) is 0. The van der Waals surface area contributed by atoms with E-state index in [9.17, 15) is 9.90 Å². The molecule has 0 heterocycles. The van der Waals surface area contributed by atoms with Gasteiger partial charge in [0.1, 0.15) is 0 Å². The number of unbranched alkanes of at least 4 members (excludes halogenated alkanes) is 25. The van der Waals surface area contributed by atoms with Crippen LogP contribution in [0.5, 0.6) is 0 Å². The molecule has 0 aromatic heterocycles. The molecular formula is C59H110O3. The van der Waals surface area contributed by atoms with Crippen molar-refractivity contribution in [2.24, 2.45) is 46.3 Å². The van der Waals surface area contributed by atoms with Crippen LogP contribution < -0.4 is 0 Å². The Balaban J connectivity index is 0.000000334. The summed E-state index contributed by atoms with van der Waals surface area (Å²) in [5, 5.41) is 10.2. The van der Waals surface area contributed by atoms with E-state index >= 15 is 0 Å². The van der Waals surface area contributed by atoms with Gasteiger partial charge in [-0.3, -0.25) is 4.79 Å². The number of ether oxygens (including phenoxy) is 1. The first-order valence-electron chi connectivity index (χ1n) is 28.6. The molecule has 62 heavy (non-hydrogen) atoms. The zero-order valence-electron chi connectivity index (χ0n) is 43.2. The number of aliphatic hydroxyl groups excluding tert-OH is 1. The maximum Gasteiger partial charge on any atom is 0.305 e. The largest absolute Gasteiger partial charge is 0.466 e. The molecule has 3 fully saturated rings. The van der Waals surface area contributed by atoms with Crippen molar-refractivity contribution in [1.29, 1.82) is 0 Å². The molecule has 0 unspecified atom stereocenters. The average molecular weight is 868 g/mol. The van der Waals surface area contributed by atoms with E-state index in [4.69, 9.17) is 4.74 Å². The van der Waals surface area contributed by atoms with Gasteiger partial charge < -0.3 is 9.84 Å². The van der Waals surface area contributed by atoms with Gasteiger partial charge in [0.15, 0.2) is 0 Å². The molecule has 0 bridgehead atoms. The molecule has 0 aromatic rings. The lowest BCUT2D eigenvalue weighted by molar-refractivity contribution is -0.143. The SMILES string of the molecule is CC(C)CCC[C@@H](C)[C@H]1CC[C@H]2[C@@H]3CC=C4C[C@@H](O)CC[C@]4(C)[C@H]3CC[C@]12C.CCCCCCCCCCCCCCCCOC(=O)CCCCCCCCCCCCCCC. The van der Waals surface area contributed by atoms with Crippen LogP contribution in [-0.4, -0.2) is 23.8 Å². The molecule has 0 aromatic carbocycles. The van der Waals surface area contributed by atoms with Crippen molar-refractivity contribution in [2.75, 3.05) is 6.61 Å². The summed E-state index contributed by atoms with van der Waals surface area (Å²) >= 11 is 0. The van der Waals surface area contributed by atoms with Crippen LogP contribution in [0.2, 0.25) is 0 Å². The Bertz CT molecular complexity index is 1140. The van der Waals surface area contributed by atoms with Gasteiger partial charge in [0.2, 0.25) is 0 Å². The topological polar surface area (TPSA) is 46.5 Å². The summed E-state index contributed by atoms with van der Waals surface area (Å²) in [5.74, 6) is 5.48. The van der Waals surface area contributed by atoms with E-state index in [-0.39, 0.29) is 12.1 Å². The van der Waals surface area contributed by atoms with E-state index in [1.807, 2.05) is 0 Å². The molecule has 3 nitrogen and oxygen atoms in total. The first-order valence-corrected chi connectivity index (χ1v) is 28.6. The van der Waals surface area contributed by atoms with E-state index in [2.05, 4.69) is 54.5 Å². The Morgan fingerprint density at radius 2 is 1.11 bits per heavy atom.